The molecular formula is C9H16N4O2. The first-order valence-electron chi connectivity index (χ1n) is 4.95. The van der Waals surface area contributed by atoms with Gasteiger partial charge in [-0.3, -0.25) is 0 Å². The fourth-order valence-corrected chi connectivity index (χ4v) is 1.17. The number of aromatic amines is 1. The molecule has 1 heterocycles. The first kappa shape index (κ1) is 11.5. The van der Waals surface area contributed by atoms with Crippen LogP contribution in [0, 0.1) is 0 Å². The lowest BCUT2D eigenvalue weighted by atomic mass is 10.3. The number of unbranched alkanes of at least 4 members (excludes halogenated alkanes) is 1. The number of hydrogen-bond acceptors (Lipinski definition) is 3. The van der Waals surface area contributed by atoms with Gasteiger partial charge < -0.3 is 20.7 Å². The third-order valence-electron chi connectivity index (χ3n) is 1.90. The Hall–Kier alpha value is -1.56. The molecule has 0 aliphatic carbocycles. The van der Waals surface area contributed by atoms with Crippen LogP contribution in [0.3, 0.4) is 0 Å². The summed E-state index contributed by atoms with van der Waals surface area (Å²) >= 11 is 0. The van der Waals surface area contributed by atoms with Crippen LogP contribution >= 0.6 is 0 Å². The molecule has 0 bridgehead atoms. The van der Waals surface area contributed by atoms with E-state index in [-0.39, 0.29) is 0 Å². The Morgan fingerprint density at radius 3 is 2.93 bits per heavy atom. The number of nitrogens with one attached hydrogen (secondary N) is 3. The van der Waals surface area contributed by atoms with Crippen LogP contribution in [0.25, 0.3) is 0 Å². The van der Waals surface area contributed by atoms with E-state index in [1.165, 1.54) is 0 Å². The molecule has 84 valence electrons. The molecule has 1 rings (SSSR count). The smallest absolute Gasteiger partial charge is 0.404 e. The minimum absolute atomic E-state index is 0.512. The van der Waals surface area contributed by atoms with Crippen LogP contribution in [0.2, 0.25) is 0 Å². The largest absolute Gasteiger partial charge is 0.465 e. The van der Waals surface area contributed by atoms with E-state index >= 15 is 0 Å². The number of aromatic nitrogens is 2. The molecule has 15 heavy (non-hydrogen) atoms. The highest BCUT2D eigenvalue weighted by molar-refractivity contribution is 5.64. The highest BCUT2D eigenvalue weighted by Gasteiger charge is 1.95. The topological polar surface area (TPSA) is 90.0 Å². The van der Waals surface area contributed by atoms with Crippen molar-refractivity contribution < 1.29 is 9.90 Å². The molecule has 1 aromatic heterocycles. The Morgan fingerprint density at radius 2 is 2.27 bits per heavy atom. The molecule has 1 amide bonds. The quantitative estimate of drug-likeness (QED) is 0.497. The predicted molar refractivity (Wildman–Crippen MR) is 55.6 cm³/mol. The van der Waals surface area contributed by atoms with E-state index in [1.807, 2.05) is 0 Å². The van der Waals surface area contributed by atoms with Crippen molar-refractivity contribution in [1.29, 1.82) is 0 Å². The maximum Gasteiger partial charge on any atom is 0.404 e. The molecule has 0 aliphatic heterocycles. The molecule has 1 aromatic rings. The van der Waals surface area contributed by atoms with E-state index in [0.717, 1.165) is 31.8 Å². The van der Waals surface area contributed by atoms with Crippen molar-refractivity contribution in [3.8, 4) is 0 Å². The second kappa shape index (κ2) is 6.83. The maximum atomic E-state index is 10.1. The fourth-order valence-electron chi connectivity index (χ4n) is 1.17. The molecular weight excluding hydrogens is 196 g/mol. The van der Waals surface area contributed by atoms with Gasteiger partial charge in [-0.25, -0.2) is 9.78 Å². The van der Waals surface area contributed by atoms with Gasteiger partial charge in [0.1, 0.15) is 5.82 Å². The van der Waals surface area contributed by atoms with Gasteiger partial charge in [0, 0.05) is 18.9 Å². The maximum absolute atomic E-state index is 10.1. The standard InChI is InChI=1S/C9H16N4O2/c14-9(15)13-4-2-1-3-10-7-8-11-5-6-12-8/h5-6,10,13H,1-4,7H2,(H,11,12)(H,14,15). The Morgan fingerprint density at radius 1 is 1.47 bits per heavy atom. The third-order valence-corrected chi connectivity index (χ3v) is 1.90. The molecule has 0 aromatic carbocycles. The Balaban J connectivity index is 1.87. The number of hydrogen-bond donors (Lipinski definition) is 4. The highest BCUT2D eigenvalue weighted by atomic mass is 16.4. The average molecular weight is 212 g/mol. The van der Waals surface area contributed by atoms with Crippen LogP contribution in [0.15, 0.2) is 12.4 Å². The molecule has 4 N–H and O–H groups in total. The van der Waals surface area contributed by atoms with Gasteiger partial charge >= 0.3 is 6.09 Å². The second-order valence-electron chi connectivity index (χ2n) is 3.15. The zero-order valence-electron chi connectivity index (χ0n) is 8.49. The van der Waals surface area contributed by atoms with Gasteiger partial charge in [-0.15, -0.1) is 0 Å². The average Bonchev–Trinajstić information content (AvgIpc) is 2.68. The van der Waals surface area contributed by atoms with Crippen LogP contribution in [-0.4, -0.2) is 34.3 Å². The number of amides is 1. The summed E-state index contributed by atoms with van der Waals surface area (Å²) in [5.74, 6) is 0.915. The summed E-state index contributed by atoms with van der Waals surface area (Å²) in [6, 6.07) is 0. The van der Waals surface area contributed by atoms with E-state index < -0.39 is 6.09 Å². The van der Waals surface area contributed by atoms with Crippen molar-refractivity contribution in [2.45, 2.75) is 19.4 Å². The molecule has 0 saturated heterocycles. The molecule has 0 atom stereocenters. The molecule has 0 aliphatic rings. The van der Waals surface area contributed by atoms with Crippen molar-refractivity contribution >= 4 is 6.09 Å². The van der Waals surface area contributed by atoms with Gasteiger partial charge in [-0.2, -0.15) is 0 Å². The van der Waals surface area contributed by atoms with Crippen LogP contribution in [0.4, 0.5) is 4.79 Å². The van der Waals surface area contributed by atoms with Crippen LogP contribution in [0.1, 0.15) is 18.7 Å². The minimum Gasteiger partial charge on any atom is -0.465 e. The number of carboxylic acid groups (broad SMARTS) is 1. The predicted octanol–water partition coefficient (Wildman–Crippen LogP) is 0.547. The zero-order chi connectivity index (χ0) is 10.9. The van der Waals surface area contributed by atoms with E-state index in [0.29, 0.717) is 6.54 Å². The molecule has 0 radical (unpaired) electrons. The summed E-state index contributed by atoms with van der Waals surface area (Å²) in [5, 5.41) is 13.8. The molecule has 0 saturated carbocycles. The van der Waals surface area contributed by atoms with Gasteiger partial charge in [0.15, 0.2) is 0 Å². The van der Waals surface area contributed by atoms with Gasteiger partial charge in [0.05, 0.1) is 6.54 Å². The number of nitrogens with zero attached hydrogens (tertiary/aromatic N) is 1. The Bertz CT molecular complexity index is 274. The lowest BCUT2D eigenvalue weighted by Crippen LogP contribution is -2.23. The number of rotatable bonds is 7. The zero-order valence-corrected chi connectivity index (χ0v) is 8.49. The third kappa shape index (κ3) is 5.69. The van der Waals surface area contributed by atoms with E-state index in [9.17, 15) is 4.79 Å². The highest BCUT2D eigenvalue weighted by Crippen LogP contribution is 1.89. The first-order chi connectivity index (χ1) is 7.29. The summed E-state index contributed by atoms with van der Waals surface area (Å²) in [4.78, 5) is 17.2. The van der Waals surface area contributed by atoms with Crippen molar-refractivity contribution in [2.24, 2.45) is 0 Å². The summed E-state index contributed by atoms with van der Waals surface area (Å²) in [5.41, 5.74) is 0. The Kier molecular flexibility index (Phi) is 5.24. The minimum atomic E-state index is -0.960. The summed E-state index contributed by atoms with van der Waals surface area (Å²) in [7, 11) is 0. The van der Waals surface area contributed by atoms with E-state index in [1.54, 1.807) is 12.4 Å². The van der Waals surface area contributed by atoms with Crippen molar-refractivity contribution in [2.75, 3.05) is 13.1 Å². The lowest BCUT2D eigenvalue weighted by Gasteiger charge is -2.02. The monoisotopic (exact) mass is 212 g/mol. The van der Waals surface area contributed by atoms with E-state index in [2.05, 4.69) is 20.6 Å². The first-order valence-corrected chi connectivity index (χ1v) is 4.95. The number of carbonyl (C=O) groups is 1. The lowest BCUT2D eigenvalue weighted by molar-refractivity contribution is 0.194. The van der Waals surface area contributed by atoms with Gasteiger partial charge in [0.25, 0.3) is 0 Å². The second-order valence-corrected chi connectivity index (χ2v) is 3.15. The van der Waals surface area contributed by atoms with E-state index in [4.69, 9.17) is 5.11 Å². The normalized spacial score (nSPS) is 10.1. The van der Waals surface area contributed by atoms with Gasteiger partial charge in [-0.1, -0.05) is 0 Å². The molecule has 6 nitrogen and oxygen atoms in total. The molecule has 6 heteroatoms. The van der Waals surface area contributed by atoms with Crippen molar-refractivity contribution in [3.05, 3.63) is 18.2 Å². The summed E-state index contributed by atoms with van der Waals surface area (Å²) in [6.45, 7) is 2.10. The van der Waals surface area contributed by atoms with Gasteiger partial charge in [0.2, 0.25) is 0 Å². The number of H-pyrrole nitrogens is 1. The molecule has 0 fully saturated rings. The van der Waals surface area contributed by atoms with Crippen LogP contribution in [-0.2, 0) is 6.54 Å². The van der Waals surface area contributed by atoms with Crippen LogP contribution in [0.5, 0.6) is 0 Å². The number of imidazole rings is 1. The molecule has 0 unspecified atom stereocenters. The fraction of sp³-hybridized carbons (Fsp3) is 0.556. The summed E-state index contributed by atoms with van der Waals surface area (Å²) < 4.78 is 0. The molecule has 0 spiro atoms. The van der Waals surface area contributed by atoms with Crippen molar-refractivity contribution in [1.82, 2.24) is 20.6 Å². The van der Waals surface area contributed by atoms with Crippen LogP contribution < -0.4 is 10.6 Å². The summed E-state index contributed by atoms with van der Waals surface area (Å²) in [6.07, 6.45) is 4.33. The Labute approximate surface area is 88.1 Å². The van der Waals surface area contributed by atoms with Gasteiger partial charge in [-0.05, 0) is 19.4 Å². The van der Waals surface area contributed by atoms with Crippen molar-refractivity contribution in [3.63, 3.8) is 0 Å². The SMILES string of the molecule is O=C(O)NCCCCNCc1ncc[nH]1.